The number of nitrogen functional groups attached to an aromatic ring is 1. The minimum atomic E-state index is -0.128. The molecule has 3 N–H and O–H groups in total. The maximum atomic E-state index is 12.9. The van der Waals surface area contributed by atoms with E-state index in [-0.39, 0.29) is 5.78 Å². The Morgan fingerprint density at radius 2 is 1.76 bits per heavy atom. The summed E-state index contributed by atoms with van der Waals surface area (Å²) in [5, 5.41) is 3.75. The Morgan fingerprint density at radius 3 is 2.55 bits per heavy atom. The fourth-order valence-corrected chi connectivity index (χ4v) is 3.12. The van der Waals surface area contributed by atoms with Crippen molar-refractivity contribution >= 4 is 34.7 Å². The molecule has 4 aromatic rings. The molecule has 4 rings (SSSR count). The molecule has 0 bridgehead atoms. The van der Waals surface area contributed by atoms with Crippen LogP contribution in [0.1, 0.15) is 15.9 Å². The maximum Gasteiger partial charge on any atom is 0.227 e. The van der Waals surface area contributed by atoms with Gasteiger partial charge in [-0.05, 0) is 36.4 Å². The smallest absolute Gasteiger partial charge is 0.227 e. The van der Waals surface area contributed by atoms with Crippen LogP contribution in [0.5, 0.6) is 0 Å². The number of halogens is 1. The number of hydrogen-bond donors (Lipinski definition) is 2. The van der Waals surface area contributed by atoms with Crippen molar-refractivity contribution in [2.24, 2.45) is 0 Å². The second-order valence-electron chi connectivity index (χ2n) is 6.40. The third-order valence-electron chi connectivity index (χ3n) is 4.37. The Balaban J connectivity index is 1.66. The van der Waals surface area contributed by atoms with Gasteiger partial charge in [-0.1, -0.05) is 54.1 Å². The van der Waals surface area contributed by atoms with Crippen LogP contribution in [0.4, 0.5) is 17.3 Å². The van der Waals surface area contributed by atoms with Crippen molar-refractivity contribution in [2.45, 2.75) is 0 Å². The van der Waals surface area contributed by atoms with E-state index < -0.39 is 0 Å². The molecule has 0 fully saturated rings. The standard InChI is InChI=1S/C23H17ClN4O/c24-17-7-4-8-18(14-17)27-23-26-12-11-21(28-23)16-9-10-20(25)19(13-16)22(29)15-5-2-1-3-6-15/h1-14H,25H2,(H,26,27,28). The topological polar surface area (TPSA) is 80.9 Å². The minimum absolute atomic E-state index is 0.128. The summed E-state index contributed by atoms with van der Waals surface area (Å²) in [4.78, 5) is 21.7. The van der Waals surface area contributed by atoms with Crippen LogP contribution >= 0.6 is 11.6 Å². The van der Waals surface area contributed by atoms with E-state index in [1.807, 2.05) is 36.4 Å². The largest absolute Gasteiger partial charge is 0.398 e. The molecule has 0 aliphatic carbocycles. The van der Waals surface area contributed by atoms with Gasteiger partial charge in [0.25, 0.3) is 0 Å². The lowest BCUT2D eigenvalue weighted by atomic mass is 9.98. The van der Waals surface area contributed by atoms with E-state index >= 15 is 0 Å². The van der Waals surface area contributed by atoms with Gasteiger partial charge in [0.05, 0.1) is 5.69 Å². The van der Waals surface area contributed by atoms with E-state index in [0.29, 0.717) is 33.5 Å². The zero-order chi connectivity index (χ0) is 20.2. The average molecular weight is 401 g/mol. The minimum Gasteiger partial charge on any atom is -0.398 e. The number of anilines is 3. The molecule has 0 aliphatic rings. The highest BCUT2D eigenvalue weighted by Crippen LogP contribution is 2.26. The second kappa shape index (κ2) is 8.12. The monoisotopic (exact) mass is 400 g/mol. The van der Waals surface area contributed by atoms with Crippen molar-refractivity contribution in [3.05, 3.63) is 101 Å². The Kier molecular flexibility index (Phi) is 5.22. The Labute approximate surface area is 173 Å². The third-order valence-corrected chi connectivity index (χ3v) is 4.60. The summed E-state index contributed by atoms with van der Waals surface area (Å²) in [6.45, 7) is 0. The van der Waals surface area contributed by atoms with Crippen LogP contribution in [0.15, 0.2) is 85.1 Å². The van der Waals surface area contributed by atoms with Crippen LogP contribution in [0.25, 0.3) is 11.3 Å². The van der Waals surface area contributed by atoms with E-state index in [9.17, 15) is 4.79 Å². The highest BCUT2D eigenvalue weighted by molar-refractivity contribution is 6.30. The normalized spacial score (nSPS) is 10.5. The first-order valence-corrected chi connectivity index (χ1v) is 9.33. The molecule has 3 aromatic carbocycles. The number of nitrogens with zero attached hydrogens (tertiary/aromatic N) is 2. The first kappa shape index (κ1) is 18.7. The number of carbonyl (C=O) groups is 1. The number of rotatable bonds is 5. The molecule has 5 nitrogen and oxygen atoms in total. The van der Waals surface area contributed by atoms with Crippen LogP contribution in [-0.2, 0) is 0 Å². The van der Waals surface area contributed by atoms with Crippen molar-refractivity contribution < 1.29 is 4.79 Å². The van der Waals surface area contributed by atoms with Gasteiger partial charge in [-0.15, -0.1) is 0 Å². The Hall–Kier alpha value is -3.70. The number of ketones is 1. The van der Waals surface area contributed by atoms with Gasteiger partial charge in [-0.3, -0.25) is 4.79 Å². The lowest BCUT2D eigenvalue weighted by molar-refractivity contribution is 0.103. The molecule has 0 unspecified atom stereocenters. The third kappa shape index (κ3) is 4.25. The second-order valence-corrected chi connectivity index (χ2v) is 6.83. The molecule has 0 saturated heterocycles. The summed E-state index contributed by atoms with van der Waals surface area (Å²) < 4.78 is 0. The highest BCUT2D eigenvalue weighted by Gasteiger charge is 2.14. The van der Waals surface area contributed by atoms with E-state index in [1.165, 1.54) is 0 Å². The molecule has 29 heavy (non-hydrogen) atoms. The van der Waals surface area contributed by atoms with Crippen molar-refractivity contribution in [3.63, 3.8) is 0 Å². The lowest BCUT2D eigenvalue weighted by Gasteiger charge is -2.10. The lowest BCUT2D eigenvalue weighted by Crippen LogP contribution is -2.06. The SMILES string of the molecule is Nc1ccc(-c2ccnc(Nc3cccc(Cl)c3)n2)cc1C(=O)c1ccccc1. The zero-order valence-corrected chi connectivity index (χ0v) is 16.1. The van der Waals surface area contributed by atoms with Gasteiger partial charge in [-0.2, -0.15) is 0 Å². The molecular weight excluding hydrogens is 384 g/mol. The summed E-state index contributed by atoms with van der Waals surface area (Å²) >= 11 is 6.03. The van der Waals surface area contributed by atoms with Gasteiger partial charge < -0.3 is 11.1 Å². The van der Waals surface area contributed by atoms with Gasteiger partial charge in [0, 0.05) is 39.3 Å². The van der Waals surface area contributed by atoms with Crippen molar-refractivity contribution in [3.8, 4) is 11.3 Å². The van der Waals surface area contributed by atoms with Gasteiger partial charge in [0.1, 0.15) is 0 Å². The molecule has 1 heterocycles. The molecular formula is C23H17ClN4O. The Morgan fingerprint density at radius 1 is 0.931 bits per heavy atom. The molecule has 0 atom stereocenters. The number of nitrogens with two attached hydrogens (primary N) is 1. The quantitative estimate of drug-likeness (QED) is 0.348. The summed E-state index contributed by atoms with van der Waals surface area (Å²) in [5.41, 5.74) is 9.76. The average Bonchev–Trinajstić information content (AvgIpc) is 2.74. The number of aromatic nitrogens is 2. The molecule has 0 amide bonds. The summed E-state index contributed by atoms with van der Waals surface area (Å²) in [7, 11) is 0. The molecule has 0 radical (unpaired) electrons. The van der Waals surface area contributed by atoms with Gasteiger partial charge in [-0.25, -0.2) is 9.97 Å². The van der Waals surface area contributed by atoms with Crippen LogP contribution in [0, 0.1) is 0 Å². The molecule has 0 spiro atoms. The molecule has 6 heteroatoms. The maximum absolute atomic E-state index is 12.9. The fourth-order valence-electron chi connectivity index (χ4n) is 2.93. The van der Waals surface area contributed by atoms with Crippen LogP contribution < -0.4 is 11.1 Å². The first-order chi connectivity index (χ1) is 14.1. The van der Waals surface area contributed by atoms with E-state index in [2.05, 4.69) is 15.3 Å². The predicted octanol–water partition coefficient (Wildman–Crippen LogP) is 5.35. The number of nitrogens with one attached hydrogen (secondary N) is 1. The van der Waals surface area contributed by atoms with Crippen LogP contribution in [0.2, 0.25) is 5.02 Å². The van der Waals surface area contributed by atoms with Gasteiger partial charge in [0.15, 0.2) is 5.78 Å². The summed E-state index contributed by atoms with van der Waals surface area (Å²) in [6, 6.07) is 23.5. The van der Waals surface area contributed by atoms with E-state index in [0.717, 1.165) is 11.3 Å². The van der Waals surface area contributed by atoms with Gasteiger partial charge >= 0.3 is 0 Å². The van der Waals surface area contributed by atoms with E-state index in [1.54, 1.807) is 48.7 Å². The predicted molar refractivity (Wildman–Crippen MR) is 116 cm³/mol. The molecule has 1 aromatic heterocycles. The van der Waals surface area contributed by atoms with E-state index in [4.69, 9.17) is 17.3 Å². The number of carbonyl (C=O) groups excluding carboxylic acids is 1. The molecule has 0 saturated carbocycles. The van der Waals surface area contributed by atoms with Crippen molar-refractivity contribution in [1.82, 2.24) is 9.97 Å². The molecule has 142 valence electrons. The van der Waals surface area contributed by atoms with Crippen LogP contribution in [0.3, 0.4) is 0 Å². The summed E-state index contributed by atoms with van der Waals surface area (Å²) in [5.74, 6) is 0.300. The first-order valence-electron chi connectivity index (χ1n) is 8.95. The number of hydrogen-bond acceptors (Lipinski definition) is 5. The van der Waals surface area contributed by atoms with Crippen molar-refractivity contribution in [1.29, 1.82) is 0 Å². The van der Waals surface area contributed by atoms with Gasteiger partial charge in [0.2, 0.25) is 5.95 Å². The van der Waals surface area contributed by atoms with Crippen molar-refractivity contribution in [2.75, 3.05) is 11.1 Å². The number of benzene rings is 3. The Bertz CT molecular complexity index is 1180. The van der Waals surface area contributed by atoms with Crippen LogP contribution in [-0.4, -0.2) is 15.8 Å². The fraction of sp³-hybridized carbons (Fsp3) is 0. The summed E-state index contributed by atoms with van der Waals surface area (Å²) in [6.07, 6.45) is 1.66. The molecule has 0 aliphatic heterocycles. The highest BCUT2D eigenvalue weighted by atomic mass is 35.5. The zero-order valence-electron chi connectivity index (χ0n) is 15.3.